The van der Waals surface area contributed by atoms with E-state index >= 15 is 0 Å². The second-order valence-corrected chi connectivity index (χ2v) is 7.34. The maximum atomic E-state index is 12.6. The molecule has 3 nitrogen and oxygen atoms in total. The Labute approximate surface area is 131 Å². The minimum Gasteiger partial charge on any atom is -0.335 e. The van der Waals surface area contributed by atoms with Gasteiger partial charge in [0, 0.05) is 17.5 Å². The zero-order valence-electron chi connectivity index (χ0n) is 12.7. The molecule has 4 heteroatoms. The quantitative estimate of drug-likeness (QED) is 0.843. The van der Waals surface area contributed by atoms with Crippen LogP contribution in [0.3, 0.4) is 0 Å². The van der Waals surface area contributed by atoms with E-state index in [0.717, 1.165) is 32.2 Å². The van der Waals surface area contributed by atoms with E-state index in [-0.39, 0.29) is 6.03 Å². The van der Waals surface area contributed by atoms with Crippen LogP contribution in [0.25, 0.3) is 0 Å². The molecule has 1 saturated heterocycles. The molecule has 3 rings (SSSR count). The molecule has 0 bridgehead atoms. The highest BCUT2D eigenvalue weighted by molar-refractivity contribution is 7.10. The maximum absolute atomic E-state index is 12.6. The van der Waals surface area contributed by atoms with Gasteiger partial charge in [0.05, 0.1) is 6.04 Å². The summed E-state index contributed by atoms with van der Waals surface area (Å²) in [4.78, 5) is 16.0. The third-order valence-corrected chi connectivity index (χ3v) is 5.79. The Morgan fingerprint density at radius 2 is 1.86 bits per heavy atom. The topological polar surface area (TPSA) is 32.3 Å². The Bertz CT molecular complexity index is 438. The summed E-state index contributed by atoms with van der Waals surface area (Å²) in [5, 5.41) is 5.42. The molecule has 1 unspecified atom stereocenters. The van der Waals surface area contributed by atoms with Gasteiger partial charge in [-0.05, 0) is 37.1 Å². The standard InChI is InChI=1S/C17H26N2OS/c20-17(18-14-8-4-2-1-3-5-9-14)19-12-6-10-15(19)16-11-7-13-21-16/h7,11,13-15H,1-6,8-10,12H2,(H,18,20). The van der Waals surface area contributed by atoms with Gasteiger partial charge in [-0.2, -0.15) is 0 Å². The van der Waals surface area contributed by atoms with Crippen molar-refractivity contribution < 1.29 is 4.79 Å². The van der Waals surface area contributed by atoms with Gasteiger partial charge < -0.3 is 10.2 Å². The maximum Gasteiger partial charge on any atom is 0.318 e. The summed E-state index contributed by atoms with van der Waals surface area (Å²) in [6.07, 6.45) is 11.1. The summed E-state index contributed by atoms with van der Waals surface area (Å²) in [5.41, 5.74) is 0. The molecule has 1 aliphatic carbocycles. The first-order valence-electron chi connectivity index (χ1n) is 8.45. The van der Waals surface area contributed by atoms with Gasteiger partial charge in [-0.1, -0.05) is 38.2 Å². The van der Waals surface area contributed by atoms with Crippen LogP contribution in [0.1, 0.15) is 68.7 Å². The molecular weight excluding hydrogens is 280 g/mol. The van der Waals surface area contributed by atoms with Crippen LogP contribution in [-0.4, -0.2) is 23.5 Å². The number of amides is 2. The normalized spacial score (nSPS) is 24.6. The molecule has 1 aromatic rings. The van der Waals surface area contributed by atoms with Gasteiger partial charge in [0.25, 0.3) is 0 Å². The van der Waals surface area contributed by atoms with Crippen LogP contribution in [0.2, 0.25) is 0 Å². The van der Waals surface area contributed by atoms with Gasteiger partial charge in [0.2, 0.25) is 0 Å². The molecule has 2 heterocycles. The number of nitrogens with one attached hydrogen (secondary N) is 1. The number of nitrogens with zero attached hydrogens (tertiary/aromatic N) is 1. The lowest BCUT2D eigenvalue weighted by atomic mass is 9.97. The van der Waals surface area contributed by atoms with Gasteiger partial charge in [0.15, 0.2) is 0 Å². The van der Waals surface area contributed by atoms with Crippen molar-refractivity contribution in [2.45, 2.75) is 69.9 Å². The molecule has 2 fully saturated rings. The molecule has 1 aromatic heterocycles. The third kappa shape index (κ3) is 3.79. The van der Waals surface area contributed by atoms with Crippen LogP contribution < -0.4 is 5.32 Å². The predicted molar refractivity (Wildman–Crippen MR) is 87.6 cm³/mol. The lowest BCUT2D eigenvalue weighted by Crippen LogP contribution is -2.44. The van der Waals surface area contributed by atoms with Crippen LogP contribution >= 0.6 is 11.3 Å². The van der Waals surface area contributed by atoms with Gasteiger partial charge in [-0.15, -0.1) is 11.3 Å². The molecule has 1 atom stereocenters. The number of rotatable bonds is 2. The van der Waals surface area contributed by atoms with Crippen LogP contribution in [0.5, 0.6) is 0 Å². The molecule has 116 valence electrons. The van der Waals surface area contributed by atoms with E-state index in [0.29, 0.717) is 12.1 Å². The number of carbonyl (C=O) groups excluding carboxylic acids is 1. The van der Waals surface area contributed by atoms with Crippen molar-refractivity contribution in [3.8, 4) is 0 Å². The van der Waals surface area contributed by atoms with Crippen molar-refractivity contribution in [3.05, 3.63) is 22.4 Å². The van der Waals surface area contributed by atoms with Crippen LogP contribution in [0, 0.1) is 0 Å². The van der Waals surface area contributed by atoms with Crippen LogP contribution in [-0.2, 0) is 0 Å². The summed E-state index contributed by atoms with van der Waals surface area (Å²) < 4.78 is 0. The predicted octanol–water partition coefficient (Wildman–Crippen LogP) is 4.71. The summed E-state index contributed by atoms with van der Waals surface area (Å²) in [7, 11) is 0. The lowest BCUT2D eigenvalue weighted by molar-refractivity contribution is 0.187. The minimum absolute atomic E-state index is 0.163. The lowest BCUT2D eigenvalue weighted by Gasteiger charge is -2.28. The number of likely N-dealkylation sites (tertiary alicyclic amines) is 1. The monoisotopic (exact) mass is 306 g/mol. The second-order valence-electron chi connectivity index (χ2n) is 6.36. The average Bonchev–Trinajstić information content (AvgIpc) is 3.10. The fraction of sp³-hybridized carbons (Fsp3) is 0.706. The first kappa shape index (κ1) is 14.9. The van der Waals surface area contributed by atoms with Crippen molar-refractivity contribution in [3.63, 3.8) is 0 Å². The molecule has 0 aromatic carbocycles. The summed E-state index contributed by atoms with van der Waals surface area (Å²) in [6.45, 7) is 0.904. The summed E-state index contributed by atoms with van der Waals surface area (Å²) >= 11 is 1.77. The third-order valence-electron chi connectivity index (χ3n) is 4.82. The Kier molecular flexibility index (Phi) is 5.17. The van der Waals surface area contributed by atoms with Gasteiger partial charge >= 0.3 is 6.03 Å². The SMILES string of the molecule is O=C(NC1CCCCCCC1)N1CCCC1c1cccs1. The van der Waals surface area contributed by atoms with Crippen molar-refractivity contribution in [2.24, 2.45) is 0 Å². The van der Waals surface area contributed by atoms with Crippen molar-refractivity contribution in [1.82, 2.24) is 10.2 Å². The van der Waals surface area contributed by atoms with Gasteiger partial charge in [0.1, 0.15) is 0 Å². The minimum atomic E-state index is 0.163. The molecule has 0 spiro atoms. The van der Waals surface area contributed by atoms with Crippen molar-refractivity contribution in [1.29, 1.82) is 0 Å². The first-order valence-corrected chi connectivity index (χ1v) is 9.33. The Hall–Kier alpha value is -1.03. The smallest absolute Gasteiger partial charge is 0.318 e. The molecule has 0 radical (unpaired) electrons. The van der Waals surface area contributed by atoms with Gasteiger partial charge in [-0.3, -0.25) is 0 Å². The van der Waals surface area contributed by atoms with Crippen molar-refractivity contribution in [2.75, 3.05) is 6.54 Å². The van der Waals surface area contributed by atoms with E-state index in [1.54, 1.807) is 11.3 Å². The number of hydrogen-bond donors (Lipinski definition) is 1. The van der Waals surface area contributed by atoms with E-state index in [1.807, 2.05) is 0 Å². The number of thiophene rings is 1. The zero-order chi connectivity index (χ0) is 14.5. The second kappa shape index (κ2) is 7.30. The van der Waals surface area contributed by atoms with E-state index in [4.69, 9.17) is 0 Å². The van der Waals surface area contributed by atoms with Crippen molar-refractivity contribution >= 4 is 17.4 Å². The Balaban J connectivity index is 1.58. The average molecular weight is 306 g/mol. The van der Waals surface area contributed by atoms with Crippen LogP contribution in [0.4, 0.5) is 4.79 Å². The number of urea groups is 1. The number of hydrogen-bond acceptors (Lipinski definition) is 2. The highest BCUT2D eigenvalue weighted by atomic mass is 32.1. The first-order chi connectivity index (χ1) is 10.3. The van der Waals surface area contributed by atoms with Crippen LogP contribution in [0.15, 0.2) is 17.5 Å². The molecular formula is C17H26N2OS. The Morgan fingerprint density at radius 1 is 1.10 bits per heavy atom. The van der Waals surface area contributed by atoms with E-state index in [1.165, 1.54) is 37.0 Å². The highest BCUT2D eigenvalue weighted by Crippen LogP contribution is 2.34. The van der Waals surface area contributed by atoms with E-state index in [2.05, 4.69) is 27.7 Å². The number of carbonyl (C=O) groups is 1. The molecule has 2 amide bonds. The van der Waals surface area contributed by atoms with Gasteiger partial charge in [-0.25, -0.2) is 4.79 Å². The van der Waals surface area contributed by atoms with E-state index < -0.39 is 0 Å². The Morgan fingerprint density at radius 3 is 2.57 bits per heavy atom. The molecule has 1 aliphatic heterocycles. The molecule has 21 heavy (non-hydrogen) atoms. The molecule has 1 saturated carbocycles. The fourth-order valence-electron chi connectivity index (χ4n) is 3.64. The highest BCUT2D eigenvalue weighted by Gasteiger charge is 2.31. The summed E-state index contributed by atoms with van der Waals surface area (Å²) in [5.74, 6) is 0. The fourth-order valence-corrected chi connectivity index (χ4v) is 4.52. The summed E-state index contributed by atoms with van der Waals surface area (Å²) in [6, 6.07) is 5.11. The van der Waals surface area contributed by atoms with E-state index in [9.17, 15) is 4.79 Å². The molecule has 1 N–H and O–H groups in total. The largest absolute Gasteiger partial charge is 0.335 e. The zero-order valence-corrected chi connectivity index (χ0v) is 13.5. The molecule has 2 aliphatic rings.